The van der Waals surface area contributed by atoms with Crippen molar-refractivity contribution in [3.63, 3.8) is 0 Å². The van der Waals surface area contributed by atoms with Crippen molar-refractivity contribution in [2.75, 3.05) is 0 Å². The van der Waals surface area contributed by atoms with Crippen LogP contribution in [-0.4, -0.2) is 53.5 Å². The van der Waals surface area contributed by atoms with E-state index >= 15 is 0 Å². The highest BCUT2D eigenvalue weighted by atomic mass is 19.4. The van der Waals surface area contributed by atoms with Crippen LogP contribution in [0, 0.1) is 0 Å². The second-order valence-electron chi connectivity index (χ2n) is 5.73. The number of rotatable bonds is 9. The highest BCUT2D eigenvalue weighted by Gasteiger charge is 2.95. The van der Waals surface area contributed by atoms with Crippen LogP contribution < -0.4 is 0 Å². The molecule has 0 bridgehead atoms. The summed E-state index contributed by atoms with van der Waals surface area (Å²) in [6.07, 6.45) is -12.9. The van der Waals surface area contributed by atoms with Crippen molar-refractivity contribution in [2.45, 2.75) is 60.5 Å². The maximum atomic E-state index is 13.4. The molecule has 188 valence electrons. The molecule has 0 radical (unpaired) electrons. The number of carbonyl (C=O) groups excluding carboxylic acids is 1. The van der Waals surface area contributed by atoms with Crippen molar-refractivity contribution in [2.24, 2.45) is 5.11 Å². The quantitative estimate of drug-likeness (QED) is 0.147. The molecule has 0 spiro atoms. The monoisotopic (exact) mass is 517 g/mol. The molecule has 0 aliphatic carbocycles. The standard InChI is InChI=1S/C11H4F17N3O/c12-4(13,2-1-3(32)30-31-29)5(14,15)6(16,17)7(18,19)8(20,21)9(22,23)10(24,25)11(26,27)28/h1-2H2. The molecule has 0 rings (SSSR count). The summed E-state index contributed by atoms with van der Waals surface area (Å²) in [5.41, 5.74) is 7.74. The van der Waals surface area contributed by atoms with E-state index < -0.39 is 66.4 Å². The molecule has 0 atom stereocenters. The van der Waals surface area contributed by atoms with Crippen LogP contribution in [0.4, 0.5) is 74.6 Å². The molecule has 0 heterocycles. The molecule has 0 aromatic heterocycles. The minimum Gasteiger partial charge on any atom is -0.293 e. The minimum atomic E-state index is -8.71. The van der Waals surface area contributed by atoms with Crippen molar-refractivity contribution >= 4 is 5.91 Å². The largest absolute Gasteiger partial charge is 0.460 e. The smallest absolute Gasteiger partial charge is 0.293 e. The van der Waals surface area contributed by atoms with Gasteiger partial charge < -0.3 is 0 Å². The van der Waals surface area contributed by atoms with Crippen LogP contribution in [0.5, 0.6) is 0 Å². The van der Waals surface area contributed by atoms with Gasteiger partial charge in [0.15, 0.2) is 0 Å². The number of hydrogen-bond acceptors (Lipinski definition) is 1. The molecule has 0 N–H and O–H groups in total. The van der Waals surface area contributed by atoms with Crippen LogP contribution in [0.1, 0.15) is 12.8 Å². The molecule has 0 saturated heterocycles. The first-order valence-corrected chi connectivity index (χ1v) is 7.00. The van der Waals surface area contributed by atoms with E-state index in [1.54, 1.807) is 4.91 Å². The summed E-state index contributed by atoms with van der Waals surface area (Å²) in [5.74, 6) is -59.2. The number of hydrogen-bond donors (Lipinski definition) is 0. The van der Waals surface area contributed by atoms with E-state index in [1.807, 2.05) is 5.11 Å². The molecule has 4 nitrogen and oxygen atoms in total. The van der Waals surface area contributed by atoms with Gasteiger partial charge in [0.05, 0.1) is 0 Å². The van der Waals surface area contributed by atoms with Crippen molar-refractivity contribution in [1.82, 2.24) is 0 Å². The van der Waals surface area contributed by atoms with Crippen LogP contribution in [0.25, 0.3) is 10.4 Å². The Balaban J connectivity index is 6.52. The van der Waals surface area contributed by atoms with Crippen LogP contribution in [0.15, 0.2) is 5.11 Å². The third kappa shape index (κ3) is 4.09. The number of nitrogens with zero attached hydrogens (tertiary/aromatic N) is 3. The summed E-state index contributed by atoms with van der Waals surface area (Å²) in [5, 5.41) is 1.96. The lowest BCUT2D eigenvalue weighted by molar-refractivity contribution is -0.461. The van der Waals surface area contributed by atoms with Crippen molar-refractivity contribution in [3.8, 4) is 0 Å². The summed E-state index contributed by atoms with van der Waals surface area (Å²) >= 11 is 0. The molecule has 0 fully saturated rings. The molecule has 0 aromatic rings. The van der Waals surface area contributed by atoms with E-state index in [9.17, 15) is 79.4 Å². The van der Waals surface area contributed by atoms with Gasteiger partial charge in [-0.1, -0.05) is 0 Å². The van der Waals surface area contributed by atoms with E-state index in [2.05, 4.69) is 0 Å². The predicted octanol–water partition coefficient (Wildman–Crippen LogP) is 6.61. The Hall–Kier alpha value is -2.21. The normalized spacial score (nSPS) is 15.4. The fourth-order valence-electron chi connectivity index (χ4n) is 1.72. The molecule has 0 aliphatic heterocycles. The van der Waals surface area contributed by atoms with Gasteiger partial charge >= 0.3 is 47.6 Å². The van der Waals surface area contributed by atoms with Crippen LogP contribution in [0.2, 0.25) is 0 Å². The molecular formula is C11H4F17N3O. The van der Waals surface area contributed by atoms with Crippen LogP contribution in [-0.2, 0) is 4.79 Å². The maximum Gasteiger partial charge on any atom is 0.460 e. The molecule has 1 amide bonds. The number of amides is 1. The molecule has 32 heavy (non-hydrogen) atoms. The summed E-state index contributed by atoms with van der Waals surface area (Å²) in [7, 11) is 0. The zero-order valence-electron chi connectivity index (χ0n) is 14.1. The van der Waals surface area contributed by atoms with Gasteiger partial charge in [0.1, 0.15) is 0 Å². The highest BCUT2D eigenvalue weighted by molar-refractivity contribution is 5.76. The van der Waals surface area contributed by atoms with E-state index in [4.69, 9.17) is 5.53 Å². The topological polar surface area (TPSA) is 65.8 Å². The van der Waals surface area contributed by atoms with Gasteiger partial charge in [-0.3, -0.25) is 4.79 Å². The van der Waals surface area contributed by atoms with E-state index in [-0.39, 0.29) is 0 Å². The zero-order chi connectivity index (χ0) is 26.4. The summed E-state index contributed by atoms with van der Waals surface area (Å²) in [6.45, 7) is 0. The Morgan fingerprint density at radius 1 is 0.594 bits per heavy atom. The third-order valence-corrected chi connectivity index (χ3v) is 3.60. The third-order valence-electron chi connectivity index (χ3n) is 3.60. The molecular weight excluding hydrogens is 513 g/mol. The average Bonchev–Trinajstić information content (AvgIpc) is 2.58. The first-order valence-electron chi connectivity index (χ1n) is 7.00. The lowest BCUT2D eigenvalue weighted by Crippen LogP contribution is -2.74. The summed E-state index contributed by atoms with van der Waals surface area (Å²) in [6, 6.07) is 0. The lowest BCUT2D eigenvalue weighted by atomic mass is 9.88. The second-order valence-corrected chi connectivity index (χ2v) is 5.73. The minimum absolute atomic E-state index is 1.62. The predicted molar refractivity (Wildman–Crippen MR) is 64.1 cm³/mol. The van der Waals surface area contributed by atoms with Crippen molar-refractivity contribution in [3.05, 3.63) is 10.4 Å². The lowest BCUT2D eigenvalue weighted by Gasteiger charge is -2.42. The summed E-state index contributed by atoms with van der Waals surface area (Å²) < 4.78 is 220. The Labute approximate surface area is 162 Å². The molecule has 0 unspecified atom stereocenters. The number of alkyl halides is 17. The Morgan fingerprint density at radius 3 is 1.22 bits per heavy atom. The van der Waals surface area contributed by atoms with Gasteiger partial charge in [0, 0.05) is 17.8 Å². The van der Waals surface area contributed by atoms with E-state index in [0.29, 0.717) is 0 Å². The number of carbonyl (C=O) groups is 1. The van der Waals surface area contributed by atoms with Crippen LogP contribution in [0.3, 0.4) is 0 Å². The van der Waals surface area contributed by atoms with Gasteiger partial charge in [-0.25, -0.2) is 0 Å². The average molecular weight is 517 g/mol. The van der Waals surface area contributed by atoms with Crippen LogP contribution >= 0.6 is 0 Å². The fourth-order valence-corrected chi connectivity index (χ4v) is 1.72. The van der Waals surface area contributed by atoms with E-state index in [1.165, 1.54) is 0 Å². The van der Waals surface area contributed by atoms with Gasteiger partial charge in [0.2, 0.25) is 5.91 Å². The van der Waals surface area contributed by atoms with E-state index in [0.717, 1.165) is 0 Å². The highest BCUT2D eigenvalue weighted by Crippen LogP contribution is 2.64. The second kappa shape index (κ2) is 7.98. The summed E-state index contributed by atoms with van der Waals surface area (Å²) in [4.78, 5) is 12.2. The fraction of sp³-hybridized carbons (Fsp3) is 0.909. The molecule has 0 aromatic carbocycles. The Morgan fingerprint density at radius 2 is 0.906 bits per heavy atom. The Bertz CT molecular complexity index is 764. The maximum absolute atomic E-state index is 13.4. The SMILES string of the molecule is [N-]=[N+]=NC(=O)CCC(F)(F)C(F)(F)C(F)(F)C(F)(F)C(F)(F)C(F)(F)C(F)(F)C(F)(F)F. The van der Waals surface area contributed by atoms with Crippen molar-refractivity contribution < 1.29 is 79.4 Å². The van der Waals surface area contributed by atoms with Gasteiger partial charge in [-0.15, -0.1) is 0 Å². The van der Waals surface area contributed by atoms with Crippen molar-refractivity contribution in [1.29, 1.82) is 0 Å². The Kier molecular flexibility index (Phi) is 7.43. The van der Waals surface area contributed by atoms with Gasteiger partial charge in [-0.05, 0) is 10.6 Å². The number of halogens is 17. The zero-order valence-corrected chi connectivity index (χ0v) is 14.1. The first-order chi connectivity index (χ1) is 13.7. The molecule has 0 saturated carbocycles. The van der Waals surface area contributed by atoms with Gasteiger partial charge in [0.25, 0.3) is 0 Å². The number of azide groups is 1. The molecule has 21 heteroatoms. The first kappa shape index (κ1) is 29.8. The molecule has 0 aliphatic rings. The van der Waals surface area contributed by atoms with Gasteiger partial charge in [-0.2, -0.15) is 74.6 Å².